The molecule has 162 valence electrons. The fraction of sp³-hybridized carbons (Fsp3) is 0.412. The Morgan fingerprint density at radius 2 is 1.62 bits per heavy atom. The van der Waals surface area contributed by atoms with Crippen LogP contribution in [0.1, 0.15) is 27.6 Å². The number of hydrogen-bond acceptors (Lipinski definition) is 3. The molecule has 1 aliphatic heterocycles. The van der Waals surface area contributed by atoms with Gasteiger partial charge in [-0.3, -0.25) is 4.90 Å². The van der Waals surface area contributed by atoms with Crippen molar-refractivity contribution in [2.24, 2.45) is 0 Å². The molecule has 1 fully saturated rings. The molecule has 1 aromatic carbocycles. The number of thiophene rings is 1. The average Bonchev–Trinajstić information content (AvgIpc) is 3.01. The van der Waals surface area contributed by atoms with Crippen LogP contribution in [-0.2, 0) is 12.4 Å². The van der Waals surface area contributed by atoms with Gasteiger partial charge < -0.3 is 5.32 Å². The highest BCUT2D eigenvalue weighted by atomic mass is 35.5. The third-order valence-electron chi connectivity index (χ3n) is 4.42. The van der Waals surface area contributed by atoms with Crippen LogP contribution in [0.15, 0.2) is 24.3 Å². The second-order valence-electron chi connectivity index (χ2n) is 6.25. The number of benzene rings is 1. The maximum atomic E-state index is 14.8. The van der Waals surface area contributed by atoms with Crippen molar-refractivity contribution in [2.75, 3.05) is 26.2 Å². The molecular formula is C17H15Cl2F7N2S. The van der Waals surface area contributed by atoms with E-state index in [1.54, 1.807) is 4.90 Å². The molecule has 0 bridgehead atoms. The van der Waals surface area contributed by atoms with Crippen molar-refractivity contribution in [2.45, 2.75) is 18.4 Å². The molecule has 12 heteroatoms. The van der Waals surface area contributed by atoms with Gasteiger partial charge in [0.2, 0.25) is 0 Å². The van der Waals surface area contributed by atoms with Crippen LogP contribution in [0.4, 0.5) is 30.7 Å². The van der Waals surface area contributed by atoms with Crippen LogP contribution in [0.3, 0.4) is 0 Å². The summed E-state index contributed by atoms with van der Waals surface area (Å²) < 4.78 is 95.0. The van der Waals surface area contributed by atoms with E-state index in [-0.39, 0.29) is 28.9 Å². The Labute approximate surface area is 177 Å². The molecule has 1 atom stereocenters. The Hall–Kier alpha value is -1.07. The fourth-order valence-corrected chi connectivity index (χ4v) is 4.42. The van der Waals surface area contributed by atoms with Crippen LogP contribution in [0.5, 0.6) is 0 Å². The maximum Gasteiger partial charge on any atom is 0.416 e. The van der Waals surface area contributed by atoms with Crippen molar-refractivity contribution in [1.82, 2.24) is 10.2 Å². The molecule has 0 radical (unpaired) electrons. The van der Waals surface area contributed by atoms with Gasteiger partial charge in [-0.2, -0.15) is 26.3 Å². The zero-order valence-electron chi connectivity index (χ0n) is 14.5. The summed E-state index contributed by atoms with van der Waals surface area (Å²) >= 11 is 6.88. The van der Waals surface area contributed by atoms with Crippen molar-refractivity contribution in [1.29, 1.82) is 0 Å². The topological polar surface area (TPSA) is 15.3 Å². The molecule has 0 saturated carbocycles. The van der Waals surface area contributed by atoms with Gasteiger partial charge in [0, 0.05) is 36.6 Å². The van der Waals surface area contributed by atoms with E-state index in [1.165, 1.54) is 12.1 Å². The van der Waals surface area contributed by atoms with Crippen LogP contribution < -0.4 is 5.32 Å². The normalized spacial score (nSPS) is 17.1. The Morgan fingerprint density at radius 3 is 2.10 bits per heavy atom. The lowest BCUT2D eigenvalue weighted by Gasteiger charge is -2.36. The summed E-state index contributed by atoms with van der Waals surface area (Å²) in [5, 5.41) is 3.04. The summed E-state index contributed by atoms with van der Waals surface area (Å²) in [6.45, 7) is 1.52. The average molecular weight is 483 g/mol. The van der Waals surface area contributed by atoms with Crippen molar-refractivity contribution in [3.8, 4) is 0 Å². The molecular weight excluding hydrogens is 468 g/mol. The van der Waals surface area contributed by atoms with Crippen LogP contribution in [-0.4, -0.2) is 31.1 Å². The lowest BCUT2D eigenvalue weighted by molar-refractivity contribution is -0.144. The van der Waals surface area contributed by atoms with Gasteiger partial charge in [0.25, 0.3) is 0 Å². The molecule has 1 N–H and O–H groups in total. The molecule has 2 nitrogen and oxygen atoms in total. The van der Waals surface area contributed by atoms with Crippen LogP contribution in [0.2, 0.25) is 4.34 Å². The zero-order chi connectivity index (χ0) is 20.7. The Kier molecular flexibility index (Phi) is 7.49. The van der Waals surface area contributed by atoms with Crippen LogP contribution in [0.25, 0.3) is 0 Å². The second-order valence-corrected chi connectivity index (χ2v) is 7.99. The molecule has 29 heavy (non-hydrogen) atoms. The minimum atomic E-state index is -5.16. The molecule has 0 amide bonds. The molecule has 3 rings (SSSR count). The van der Waals surface area contributed by atoms with Crippen LogP contribution in [0, 0.1) is 5.82 Å². The molecule has 2 aromatic rings. The summed E-state index contributed by atoms with van der Waals surface area (Å²) in [5.74, 6) is -1.55. The van der Waals surface area contributed by atoms with Gasteiger partial charge in [0.15, 0.2) is 0 Å². The molecule has 0 aliphatic carbocycles. The van der Waals surface area contributed by atoms with Gasteiger partial charge in [-0.25, -0.2) is 4.39 Å². The Morgan fingerprint density at radius 1 is 1.00 bits per heavy atom. The Balaban J connectivity index is 0.00000300. The summed E-state index contributed by atoms with van der Waals surface area (Å²) in [4.78, 5) is 1.94. The van der Waals surface area contributed by atoms with Crippen molar-refractivity contribution < 1.29 is 30.7 Å². The first-order chi connectivity index (χ1) is 13.0. The first-order valence-corrected chi connectivity index (χ1v) is 9.36. The van der Waals surface area contributed by atoms with E-state index in [1.807, 2.05) is 0 Å². The predicted octanol–water partition coefficient (Wildman–Crippen LogP) is 5.99. The number of halogens is 9. The summed E-state index contributed by atoms with van der Waals surface area (Å²) in [7, 11) is 0. The van der Waals surface area contributed by atoms with Gasteiger partial charge in [0.05, 0.1) is 21.5 Å². The third kappa shape index (κ3) is 5.35. The highest BCUT2D eigenvalue weighted by Gasteiger charge is 2.43. The SMILES string of the molecule is Cl.Fc1cc(C(F)(F)F)cc(C(F)(F)F)c1[C@@H](c1ccc(Cl)s1)N1CCNCC1. The largest absolute Gasteiger partial charge is 0.416 e. The lowest BCUT2D eigenvalue weighted by Crippen LogP contribution is -2.45. The van der Waals surface area contributed by atoms with E-state index in [0.29, 0.717) is 31.1 Å². The molecule has 0 unspecified atom stereocenters. The van der Waals surface area contributed by atoms with Gasteiger partial charge >= 0.3 is 12.4 Å². The molecule has 1 saturated heterocycles. The monoisotopic (exact) mass is 482 g/mol. The van der Waals surface area contributed by atoms with E-state index in [9.17, 15) is 30.7 Å². The minimum absolute atomic E-state index is 0. The second kappa shape index (κ2) is 8.97. The first-order valence-electron chi connectivity index (χ1n) is 8.16. The summed E-state index contributed by atoms with van der Waals surface area (Å²) in [5.41, 5.74) is -4.13. The van der Waals surface area contributed by atoms with Crippen molar-refractivity contribution in [3.63, 3.8) is 0 Å². The van der Waals surface area contributed by atoms with Gasteiger partial charge in [-0.1, -0.05) is 11.6 Å². The first kappa shape index (κ1) is 24.2. The minimum Gasteiger partial charge on any atom is -0.314 e. The number of hydrogen-bond donors (Lipinski definition) is 1. The van der Waals surface area contributed by atoms with E-state index >= 15 is 0 Å². The van der Waals surface area contributed by atoms with E-state index in [2.05, 4.69) is 5.32 Å². The number of nitrogens with one attached hydrogen (secondary N) is 1. The van der Waals surface area contributed by atoms with Gasteiger partial charge in [0.1, 0.15) is 5.82 Å². The smallest absolute Gasteiger partial charge is 0.314 e. The summed E-state index contributed by atoms with van der Waals surface area (Å²) in [6.07, 6.45) is -10.3. The number of nitrogens with zero attached hydrogens (tertiary/aromatic N) is 1. The van der Waals surface area contributed by atoms with Crippen molar-refractivity contribution in [3.05, 3.63) is 56.0 Å². The predicted molar refractivity (Wildman–Crippen MR) is 99.3 cm³/mol. The number of piperazine rings is 1. The maximum absolute atomic E-state index is 14.8. The van der Waals surface area contributed by atoms with Crippen LogP contribution >= 0.6 is 35.3 Å². The summed E-state index contributed by atoms with van der Waals surface area (Å²) in [6, 6.07) is 1.83. The highest BCUT2D eigenvalue weighted by molar-refractivity contribution is 7.16. The van der Waals surface area contributed by atoms with Crippen molar-refractivity contribution >= 4 is 35.3 Å². The zero-order valence-corrected chi connectivity index (χ0v) is 16.9. The number of alkyl halides is 6. The van der Waals surface area contributed by atoms with E-state index < -0.39 is 40.9 Å². The number of rotatable bonds is 3. The quantitative estimate of drug-likeness (QED) is 0.540. The Bertz CT molecular complexity index is 845. The molecule has 0 spiro atoms. The molecule has 2 heterocycles. The van der Waals surface area contributed by atoms with Gasteiger partial charge in [-0.15, -0.1) is 23.7 Å². The third-order valence-corrected chi connectivity index (χ3v) is 5.70. The lowest BCUT2D eigenvalue weighted by atomic mass is 9.93. The molecule has 1 aromatic heterocycles. The van der Waals surface area contributed by atoms with E-state index in [0.717, 1.165) is 11.3 Å². The standard InChI is InChI=1S/C17H14ClF7N2S.ClH/c18-13-2-1-12(28-13)15(27-5-3-26-4-6-27)14-10(17(23,24)25)7-9(8-11(14)19)16(20,21)22;/h1-2,7-8,15,26H,3-6H2;1H/t15-;/m1./s1. The fourth-order valence-electron chi connectivity index (χ4n) is 3.21. The van der Waals surface area contributed by atoms with E-state index in [4.69, 9.17) is 11.6 Å². The highest BCUT2D eigenvalue weighted by Crippen LogP contribution is 2.45. The molecule has 1 aliphatic rings. The van der Waals surface area contributed by atoms with Gasteiger partial charge in [-0.05, 0) is 24.3 Å².